The molecule has 1 fully saturated rings. The summed E-state index contributed by atoms with van der Waals surface area (Å²) in [4.78, 5) is 39.7. The van der Waals surface area contributed by atoms with Crippen LogP contribution in [0.3, 0.4) is 0 Å². The molecule has 0 spiro atoms. The molecule has 0 bridgehead atoms. The first-order valence-electron chi connectivity index (χ1n) is 5.80. The Balaban J connectivity index is 2.39. The summed E-state index contributed by atoms with van der Waals surface area (Å²) in [6, 6.07) is -0.801. The number of aromatic amines is 1. The Bertz CT molecular complexity index is 614. The Morgan fingerprint density at radius 2 is 2.30 bits per heavy atom. The molecule has 0 amide bonds. The van der Waals surface area contributed by atoms with Crippen molar-refractivity contribution in [3.05, 3.63) is 37.8 Å². The summed E-state index contributed by atoms with van der Waals surface area (Å²) in [5.41, 5.74) is -1.96. The fourth-order valence-corrected chi connectivity index (χ4v) is 2.26. The summed E-state index contributed by atoms with van der Waals surface area (Å²) in [7, 11) is 0. The Hall–Kier alpha value is -1.91. The van der Waals surface area contributed by atoms with Gasteiger partial charge in [0.2, 0.25) is 5.82 Å². The SMILES string of the molecule is CC1C(N=O)C(CON)OC1n1cc(F)c(=O)[nH]c1=O. The highest BCUT2D eigenvalue weighted by Crippen LogP contribution is 2.35. The zero-order valence-corrected chi connectivity index (χ0v) is 10.5. The zero-order valence-electron chi connectivity index (χ0n) is 10.5. The Morgan fingerprint density at radius 3 is 2.90 bits per heavy atom. The number of nitroso groups, excluding NO2 is 1. The van der Waals surface area contributed by atoms with Crippen molar-refractivity contribution >= 4 is 0 Å². The third kappa shape index (κ3) is 2.40. The van der Waals surface area contributed by atoms with Crippen LogP contribution in [-0.4, -0.2) is 28.3 Å². The predicted molar refractivity (Wildman–Crippen MR) is 64.1 cm³/mol. The summed E-state index contributed by atoms with van der Waals surface area (Å²) in [5, 5.41) is 2.92. The van der Waals surface area contributed by atoms with Crippen molar-refractivity contribution in [2.45, 2.75) is 25.3 Å². The number of hydrogen-bond donors (Lipinski definition) is 2. The topological polar surface area (TPSA) is 129 Å². The van der Waals surface area contributed by atoms with Gasteiger partial charge in [0.05, 0.1) is 12.8 Å². The van der Waals surface area contributed by atoms with Crippen LogP contribution >= 0.6 is 0 Å². The monoisotopic (exact) mass is 288 g/mol. The van der Waals surface area contributed by atoms with E-state index in [0.29, 0.717) is 0 Å². The summed E-state index contributed by atoms with van der Waals surface area (Å²) in [6.45, 7) is 1.51. The van der Waals surface area contributed by atoms with Crippen LogP contribution < -0.4 is 17.1 Å². The lowest BCUT2D eigenvalue weighted by Crippen LogP contribution is -2.35. The summed E-state index contributed by atoms with van der Waals surface area (Å²) in [5.74, 6) is 3.28. The highest BCUT2D eigenvalue weighted by Gasteiger charge is 2.44. The van der Waals surface area contributed by atoms with Crippen LogP contribution in [0.4, 0.5) is 4.39 Å². The minimum atomic E-state index is -1.13. The van der Waals surface area contributed by atoms with Gasteiger partial charge in [-0.1, -0.05) is 12.1 Å². The first-order chi connectivity index (χ1) is 9.49. The maximum Gasteiger partial charge on any atom is 0.330 e. The van der Waals surface area contributed by atoms with Crippen LogP contribution in [0.5, 0.6) is 0 Å². The molecule has 0 aliphatic carbocycles. The summed E-state index contributed by atoms with van der Waals surface area (Å²) >= 11 is 0. The van der Waals surface area contributed by atoms with Crippen molar-refractivity contribution in [3.8, 4) is 0 Å². The Labute approximate surface area is 111 Å². The van der Waals surface area contributed by atoms with Crippen molar-refractivity contribution < 1.29 is 14.0 Å². The fraction of sp³-hybridized carbons (Fsp3) is 0.600. The van der Waals surface area contributed by atoms with E-state index in [1.54, 1.807) is 6.92 Å². The maximum absolute atomic E-state index is 13.3. The second-order valence-electron chi connectivity index (χ2n) is 4.50. The molecule has 0 radical (unpaired) electrons. The molecular weight excluding hydrogens is 275 g/mol. The lowest BCUT2D eigenvalue weighted by molar-refractivity contribution is -0.0520. The van der Waals surface area contributed by atoms with E-state index in [1.807, 2.05) is 4.98 Å². The third-order valence-electron chi connectivity index (χ3n) is 3.26. The van der Waals surface area contributed by atoms with Gasteiger partial charge in [0.1, 0.15) is 18.4 Å². The molecule has 1 saturated heterocycles. The maximum atomic E-state index is 13.3. The number of H-pyrrole nitrogens is 1. The first kappa shape index (κ1) is 14.5. The second kappa shape index (κ2) is 5.61. The average Bonchev–Trinajstić information content (AvgIpc) is 2.71. The molecule has 0 aromatic carbocycles. The smallest absolute Gasteiger partial charge is 0.330 e. The van der Waals surface area contributed by atoms with Crippen LogP contribution in [0.2, 0.25) is 0 Å². The molecule has 2 heterocycles. The number of halogens is 1. The molecule has 1 aromatic heterocycles. The summed E-state index contributed by atoms with van der Waals surface area (Å²) < 4.78 is 19.6. The highest BCUT2D eigenvalue weighted by atomic mass is 19.1. The minimum Gasteiger partial charge on any atom is -0.349 e. The minimum absolute atomic E-state index is 0.0994. The van der Waals surface area contributed by atoms with Gasteiger partial charge in [-0.15, -0.1) is 0 Å². The Kier molecular flexibility index (Phi) is 4.06. The Morgan fingerprint density at radius 1 is 1.60 bits per heavy atom. The molecule has 3 N–H and O–H groups in total. The molecule has 2 rings (SSSR count). The van der Waals surface area contributed by atoms with Gasteiger partial charge >= 0.3 is 5.69 Å². The van der Waals surface area contributed by atoms with Crippen molar-refractivity contribution in [3.63, 3.8) is 0 Å². The quantitative estimate of drug-likeness (QED) is 0.553. The van der Waals surface area contributed by atoms with E-state index in [4.69, 9.17) is 10.6 Å². The number of aromatic nitrogens is 2. The molecule has 20 heavy (non-hydrogen) atoms. The van der Waals surface area contributed by atoms with E-state index >= 15 is 0 Å². The molecule has 9 nitrogen and oxygen atoms in total. The molecule has 1 aliphatic heterocycles. The van der Waals surface area contributed by atoms with Gasteiger partial charge in [-0.05, 0) is 0 Å². The van der Waals surface area contributed by atoms with Gasteiger partial charge in [-0.25, -0.2) is 10.7 Å². The summed E-state index contributed by atoms with van der Waals surface area (Å²) in [6.07, 6.45) is -0.966. The average molecular weight is 288 g/mol. The second-order valence-corrected chi connectivity index (χ2v) is 4.50. The first-order valence-corrected chi connectivity index (χ1v) is 5.80. The molecule has 10 heteroatoms. The van der Waals surface area contributed by atoms with Gasteiger partial charge in [0, 0.05) is 5.92 Å². The van der Waals surface area contributed by atoms with Crippen molar-refractivity contribution in [2.24, 2.45) is 17.0 Å². The van der Waals surface area contributed by atoms with Crippen LogP contribution in [0, 0.1) is 16.6 Å². The molecule has 1 aliphatic rings. The number of nitrogens with zero attached hydrogens (tertiary/aromatic N) is 2. The molecule has 4 atom stereocenters. The van der Waals surface area contributed by atoms with Gasteiger partial charge in [0.25, 0.3) is 5.56 Å². The van der Waals surface area contributed by atoms with E-state index in [1.165, 1.54) is 0 Å². The highest BCUT2D eigenvalue weighted by molar-refractivity contribution is 4.95. The molecule has 0 saturated carbocycles. The normalized spacial score (nSPS) is 29.6. The van der Waals surface area contributed by atoms with Crippen molar-refractivity contribution in [1.29, 1.82) is 0 Å². The number of ether oxygens (including phenoxy) is 1. The van der Waals surface area contributed by atoms with E-state index in [2.05, 4.69) is 10.0 Å². The molecule has 1 aromatic rings. The van der Waals surface area contributed by atoms with E-state index < -0.39 is 41.4 Å². The van der Waals surface area contributed by atoms with E-state index in [-0.39, 0.29) is 6.61 Å². The number of hydrogen-bond acceptors (Lipinski definition) is 7. The van der Waals surface area contributed by atoms with E-state index in [0.717, 1.165) is 10.8 Å². The van der Waals surface area contributed by atoms with Crippen LogP contribution in [0.1, 0.15) is 13.2 Å². The van der Waals surface area contributed by atoms with Crippen LogP contribution in [0.25, 0.3) is 0 Å². The van der Waals surface area contributed by atoms with Crippen LogP contribution in [-0.2, 0) is 9.57 Å². The van der Waals surface area contributed by atoms with Crippen LogP contribution in [0.15, 0.2) is 21.0 Å². The zero-order chi connectivity index (χ0) is 14.9. The van der Waals surface area contributed by atoms with E-state index in [9.17, 15) is 18.9 Å². The lowest BCUT2D eigenvalue weighted by Gasteiger charge is -2.17. The van der Waals surface area contributed by atoms with Crippen molar-refractivity contribution in [1.82, 2.24) is 9.55 Å². The van der Waals surface area contributed by atoms with Gasteiger partial charge in [0.15, 0.2) is 0 Å². The fourth-order valence-electron chi connectivity index (χ4n) is 2.26. The number of nitrogens with one attached hydrogen (secondary N) is 1. The largest absolute Gasteiger partial charge is 0.349 e. The predicted octanol–water partition coefficient (Wildman–Crippen LogP) is -0.765. The van der Waals surface area contributed by atoms with Gasteiger partial charge < -0.3 is 9.57 Å². The number of nitrogens with two attached hydrogens (primary N) is 1. The standard InChI is InChI=1S/C10H13FN4O5/c1-4-7(14-18)6(3-19-12)20-9(4)15-2-5(11)8(16)13-10(15)17/h2,4,6-7,9H,3,12H2,1H3,(H,13,16,17). The molecule has 4 unspecified atom stereocenters. The molecule has 110 valence electrons. The van der Waals surface area contributed by atoms with Gasteiger partial charge in [-0.2, -0.15) is 9.30 Å². The lowest BCUT2D eigenvalue weighted by atomic mass is 10.00. The van der Waals surface area contributed by atoms with Crippen molar-refractivity contribution in [2.75, 3.05) is 6.61 Å². The third-order valence-corrected chi connectivity index (χ3v) is 3.26. The van der Waals surface area contributed by atoms with Gasteiger partial charge in [-0.3, -0.25) is 14.3 Å². The number of rotatable bonds is 4. The molecular formula is C10H13FN4O5.